The van der Waals surface area contributed by atoms with Crippen molar-refractivity contribution in [3.8, 4) is 22.7 Å². The van der Waals surface area contributed by atoms with Gasteiger partial charge in [-0.25, -0.2) is 4.39 Å². The van der Waals surface area contributed by atoms with Crippen LogP contribution < -0.4 is 10.3 Å². The molecule has 1 N–H and O–H groups in total. The number of fused-ring (bicyclic) bond motifs is 3. The average Bonchev–Trinajstić information content (AvgIpc) is 2.92. The summed E-state index contributed by atoms with van der Waals surface area (Å²) in [4.78, 5) is 15.5. The van der Waals surface area contributed by atoms with Gasteiger partial charge in [-0.3, -0.25) is 4.79 Å². The van der Waals surface area contributed by atoms with Gasteiger partial charge in [-0.05, 0) is 36.4 Å². The highest BCUT2D eigenvalue weighted by Crippen LogP contribution is 2.30. The maximum atomic E-state index is 14.1. The van der Waals surface area contributed by atoms with Gasteiger partial charge in [-0.2, -0.15) is 9.78 Å². The smallest absolute Gasteiger partial charge is 0.282 e. The fourth-order valence-corrected chi connectivity index (χ4v) is 3.12. The molecule has 0 aromatic heterocycles. The van der Waals surface area contributed by atoms with Crippen LogP contribution in [-0.2, 0) is 0 Å². The Balaban J connectivity index is 2.01. The second-order valence-corrected chi connectivity index (χ2v) is 6.19. The highest BCUT2D eigenvalue weighted by molar-refractivity contribution is 9.10. The summed E-state index contributed by atoms with van der Waals surface area (Å²) in [6.07, 6.45) is 1.49. The van der Waals surface area contributed by atoms with Gasteiger partial charge in [0.05, 0.1) is 23.9 Å². The lowest BCUT2D eigenvalue weighted by Gasteiger charge is -2.04. The van der Waals surface area contributed by atoms with Gasteiger partial charge in [0.15, 0.2) is 0 Å². The first-order chi connectivity index (χ1) is 11.6. The Morgan fingerprint density at radius 3 is 2.71 bits per heavy atom. The molecule has 0 saturated carbocycles. The summed E-state index contributed by atoms with van der Waals surface area (Å²) in [6, 6.07) is 10.1. The zero-order valence-electron chi connectivity index (χ0n) is 12.5. The number of methoxy groups -OCH3 is 1. The molecular formula is C17H11BrFN3O2. The number of nitrogens with zero attached hydrogens (tertiary/aromatic N) is 2. The molecule has 0 radical (unpaired) electrons. The largest absolute Gasteiger partial charge is 0.497 e. The van der Waals surface area contributed by atoms with Gasteiger partial charge in [0.1, 0.15) is 17.3 Å². The van der Waals surface area contributed by atoms with Crippen molar-refractivity contribution in [1.29, 1.82) is 0 Å². The van der Waals surface area contributed by atoms with Crippen LogP contribution in [0.25, 0.3) is 27.8 Å². The summed E-state index contributed by atoms with van der Waals surface area (Å²) >= 11 is 3.27. The van der Waals surface area contributed by atoms with Crippen molar-refractivity contribution in [2.75, 3.05) is 7.11 Å². The van der Waals surface area contributed by atoms with E-state index in [0.29, 0.717) is 38.1 Å². The van der Waals surface area contributed by atoms with Gasteiger partial charge in [0.25, 0.3) is 5.56 Å². The predicted molar refractivity (Wildman–Crippen MR) is 92.5 cm³/mol. The van der Waals surface area contributed by atoms with Crippen molar-refractivity contribution in [1.82, 2.24) is 14.8 Å². The molecule has 0 aliphatic carbocycles. The number of aromatic nitrogens is 3. The lowest BCUT2D eigenvalue weighted by atomic mass is 10.1. The molecule has 2 heterocycles. The Morgan fingerprint density at radius 2 is 2.00 bits per heavy atom. The number of ether oxygens (including phenoxy) is 1. The van der Waals surface area contributed by atoms with Crippen molar-refractivity contribution in [3.63, 3.8) is 0 Å². The van der Waals surface area contributed by atoms with E-state index in [-0.39, 0.29) is 5.56 Å². The molecule has 0 amide bonds. The van der Waals surface area contributed by atoms with Gasteiger partial charge in [-0.15, -0.1) is 0 Å². The molecule has 0 bridgehead atoms. The lowest BCUT2D eigenvalue weighted by Crippen LogP contribution is -2.14. The number of aromatic amines is 1. The second kappa shape index (κ2) is 5.45. The van der Waals surface area contributed by atoms with Gasteiger partial charge in [0.2, 0.25) is 0 Å². The number of H-pyrrole nitrogens is 1. The first kappa shape index (κ1) is 14.9. The van der Waals surface area contributed by atoms with Crippen molar-refractivity contribution in [3.05, 3.63) is 63.2 Å². The Hall–Kier alpha value is -2.67. The normalized spacial score (nSPS) is 11.3. The van der Waals surface area contributed by atoms with E-state index in [1.165, 1.54) is 16.9 Å². The molecule has 2 aromatic carbocycles. The van der Waals surface area contributed by atoms with Crippen LogP contribution in [0.4, 0.5) is 4.39 Å². The standard InChI is InChI=1S/C17H11BrFN3O2/c1-24-11-4-2-10(3-5-11)22-17(23)13-8-20-16-12(15(13)21-22)6-9(18)7-14(16)19/h2-8,20H,1H3. The molecule has 2 aromatic rings. The Labute approximate surface area is 144 Å². The van der Waals surface area contributed by atoms with Gasteiger partial charge in [-0.1, -0.05) is 15.9 Å². The van der Waals surface area contributed by atoms with E-state index in [9.17, 15) is 9.18 Å². The monoisotopic (exact) mass is 387 g/mol. The maximum Gasteiger partial charge on any atom is 0.282 e. The van der Waals surface area contributed by atoms with Gasteiger partial charge < -0.3 is 9.72 Å². The van der Waals surface area contributed by atoms with Crippen LogP contribution in [-0.4, -0.2) is 21.9 Å². The van der Waals surface area contributed by atoms with E-state index in [1.54, 1.807) is 37.4 Å². The second-order valence-electron chi connectivity index (χ2n) is 5.28. The van der Waals surface area contributed by atoms with Gasteiger partial charge >= 0.3 is 0 Å². The summed E-state index contributed by atoms with van der Waals surface area (Å²) in [7, 11) is 1.57. The van der Waals surface area contributed by atoms with E-state index in [4.69, 9.17) is 4.74 Å². The van der Waals surface area contributed by atoms with E-state index in [1.807, 2.05) is 0 Å². The van der Waals surface area contributed by atoms with E-state index < -0.39 is 5.82 Å². The highest BCUT2D eigenvalue weighted by atomic mass is 79.9. The molecule has 120 valence electrons. The molecule has 0 fully saturated rings. The molecule has 4 rings (SSSR count). The molecule has 24 heavy (non-hydrogen) atoms. The number of benzene rings is 2. The Kier molecular flexibility index (Phi) is 3.38. The molecule has 0 saturated heterocycles. The maximum absolute atomic E-state index is 14.1. The Morgan fingerprint density at radius 1 is 1.25 bits per heavy atom. The van der Waals surface area contributed by atoms with Crippen molar-refractivity contribution in [2.45, 2.75) is 0 Å². The zero-order valence-corrected chi connectivity index (χ0v) is 14.1. The van der Waals surface area contributed by atoms with Crippen molar-refractivity contribution < 1.29 is 9.13 Å². The predicted octanol–water partition coefficient (Wildman–Crippen LogP) is 3.73. The number of rotatable bonds is 2. The third-order valence-electron chi connectivity index (χ3n) is 3.87. The minimum Gasteiger partial charge on any atom is -0.497 e. The number of pyridine rings is 1. The molecular weight excluding hydrogens is 377 g/mol. The molecule has 0 unspecified atom stereocenters. The number of hydrogen-bond donors (Lipinski definition) is 1. The van der Waals surface area contributed by atoms with Crippen LogP contribution in [0.5, 0.6) is 5.75 Å². The summed E-state index contributed by atoms with van der Waals surface area (Å²) < 4.78 is 21.1. The third kappa shape index (κ3) is 2.20. The quantitative estimate of drug-likeness (QED) is 0.569. The van der Waals surface area contributed by atoms with Crippen LogP contribution >= 0.6 is 15.9 Å². The minimum atomic E-state index is -0.410. The van der Waals surface area contributed by atoms with E-state index in [0.717, 1.165) is 0 Å². The van der Waals surface area contributed by atoms with Crippen LogP contribution in [0.15, 0.2) is 51.9 Å². The third-order valence-corrected chi connectivity index (χ3v) is 4.32. The van der Waals surface area contributed by atoms with Crippen molar-refractivity contribution >= 4 is 26.8 Å². The Bertz CT molecular complexity index is 1090. The first-order valence-electron chi connectivity index (χ1n) is 7.12. The van der Waals surface area contributed by atoms with Crippen LogP contribution in [0, 0.1) is 5.82 Å². The van der Waals surface area contributed by atoms with Crippen LogP contribution in [0.1, 0.15) is 0 Å². The molecule has 5 nitrogen and oxygen atoms in total. The molecule has 7 heteroatoms. The summed E-state index contributed by atoms with van der Waals surface area (Å²) in [6.45, 7) is 0. The topological polar surface area (TPSA) is 59.9 Å². The SMILES string of the molecule is COc1ccc(-n2nc3c4cc(Br)cc(F)c4[nH]cc-3c2=O)cc1. The summed E-state index contributed by atoms with van der Waals surface area (Å²) in [5.41, 5.74) is 1.50. The molecule has 2 aliphatic heterocycles. The lowest BCUT2D eigenvalue weighted by molar-refractivity contribution is 0.414. The van der Waals surface area contributed by atoms with Crippen LogP contribution in [0.2, 0.25) is 0 Å². The zero-order chi connectivity index (χ0) is 16.8. The first-order valence-corrected chi connectivity index (χ1v) is 7.91. The summed E-state index contributed by atoms with van der Waals surface area (Å²) in [5.74, 6) is 0.278. The van der Waals surface area contributed by atoms with E-state index in [2.05, 4.69) is 26.0 Å². The number of nitrogens with one attached hydrogen (secondary N) is 1. The molecule has 0 spiro atoms. The fraction of sp³-hybridized carbons (Fsp3) is 0.0588. The van der Waals surface area contributed by atoms with Crippen molar-refractivity contribution in [2.24, 2.45) is 0 Å². The number of hydrogen-bond acceptors (Lipinski definition) is 3. The molecule has 0 atom stereocenters. The fourth-order valence-electron chi connectivity index (χ4n) is 2.69. The van der Waals surface area contributed by atoms with Crippen LogP contribution in [0.3, 0.4) is 0 Å². The number of halogens is 2. The van der Waals surface area contributed by atoms with Gasteiger partial charge in [0, 0.05) is 16.1 Å². The highest BCUT2D eigenvalue weighted by Gasteiger charge is 2.20. The summed E-state index contributed by atoms with van der Waals surface area (Å²) in [5, 5.41) is 4.95. The average molecular weight is 388 g/mol. The van der Waals surface area contributed by atoms with E-state index >= 15 is 0 Å². The minimum absolute atomic E-state index is 0.270. The molecule has 2 aliphatic rings.